The molecule has 1 N–H and O–H groups in total. The smallest absolute Gasteiger partial charge is 0.123 e. The Morgan fingerprint density at radius 2 is 1.96 bits per heavy atom. The summed E-state index contributed by atoms with van der Waals surface area (Å²) in [6, 6.07) is 10.9. The molecule has 1 atom stereocenters. The normalized spacial score (nSPS) is 22.5. The third-order valence-corrected chi connectivity index (χ3v) is 5.24. The second-order valence-corrected chi connectivity index (χ2v) is 8.27. The minimum absolute atomic E-state index is 0.0368. The van der Waals surface area contributed by atoms with Gasteiger partial charge >= 0.3 is 0 Å². The van der Waals surface area contributed by atoms with Crippen molar-refractivity contribution in [3.8, 4) is 0 Å². The Labute approximate surface area is 150 Å². The number of piperidine rings is 1. The van der Waals surface area contributed by atoms with Crippen LogP contribution in [0.15, 0.2) is 36.5 Å². The van der Waals surface area contributed by atoms with E-state index in [1.165, 1.54) is 5.56 Å². The fourth-order valence-electron chi connectivity index (χ4n) is 3.75. The zero-order valence-electron chi connectivity index (χ0n) is 15.8. The van der Waals surface area contributed by atoms with Crippen LogP contribution in [-0.4, -0.2) is 44.6 Å². The van der Waals surface area contributed by atoms with Gasteiger partial charge in [-0.2, -0.15) is 0 Å². The van der Waals surface area contributed by atoms with Crippen molar-refractivity contribution in [2.45, 2.75) is 57.6 Å². The quantitative estimate of drug-likeness (QED) is 0.907. The lowest BCUT2D eigenvalue weighted by Gasteiger charge is -2.41. The van der Waals surface area contributed by atoms with Crippen LogP contribution >= 0.6 is 0 Å². The highest BCUT2D eigenvalue weighted by Gasteiger charge is 2.39. The average Bonchev–Trinajstić information content (AvgIpc) is 3.06. The Bertz CT molecular complexity index is 695. The molecule has 25 heavy (non-hydrogen) atoms. The minimum Gasteiger partial charge on any atom is -0.382 e. The Morgan fingerprint density at radius 1 is 1.24 bits per heavy atom. The first kappa shape index (κ1) is 18.1. The van der Waals surface area contributed by atoms with Crippen LogP contribution in [0.4, 0.5) is 0 Å². The predicted octanol–water partition coefficient (Wildman–Crippen LogP) is 3.12. The summed E-state index contributed by atoms with van der Waals surface area (Å²) in [5, 5.41) is 19.6. The summed E-state index contributed by atoms with van der Waals surface area (Å²) in [6.07, 6.45) is 3.61. The summed E-state index contributed by atoms with van der Waals surface area (Å²) in [5.41, 5.74) is 1.16. The third-order valence-electron chi connectivity index (χ3n) is 5.24. The Balaban J connectivity index is 1.74. The van der Waals surface area contributed by atoms with Gasteiger partial charge < -0.3 is 5.11 Å². The molecule has 5 nitrogen and oxygen atoms in total. The van der Waals surface area contributed by atoms with Crippen molar-refractivity contribution in [1.29, 1.82) is 0 Å². The molecule has 1 aromatic heterocycles. The molecule has 0 radical (unpaired) electrons. The third kappa shape index (κ3) is 3.93. The SMILES string of the molecule is CC(C)n1cc([C@@]2(O)CCCN(CC(C)(C)c3ccccc3)C2)nn1. The van der Waals surface area contributed by atoms with Crippen LogP contribution in [0.5, 0.6) is 0 Å². The van der Waals surface area contributed by atoms with E-state index < -0.39 is 5.60 Å². The van der Waals surface area contributed by atoms with Crippen LogP contribution in [0.3, 0.4) is 0 Å². The zero-order valence-corrected chi connectivity index (χ0v) is 15.8. The van der Waals surface area contributed by atoms with E-state index in [9.17, 15) is 5.11 Å². The number of likely N-dealkylation sites (tertiary alicyclic amines) is 1. The average molecular weight is 342 g/mol. The van der Waals surface area contributed by atoms with Crippen LogP contribution in [0, 0.1) is 0 Å². The highest BCUT2D eigenvalue weighted by atomic mass is 16.3. The summed E-state index contributed by atoms with van der Waals surface area (Å²) in [6.45, 7) is 11.2. The first-order valence-electron chi connectivity index (χ1n) is 9.23. The van der Waals surface area contributed by atoms with Gasteiger partial charge in [-0.05, 0) is 38.8 Å². The maximum absolute atomic E-state index is 11.2. The maximum Gasteiger partial charge on any atom is 0.123 e. The number of rotatable bonds is 5. The molecule has 0 amide bonds. The Morgan fingerprint density at radius 3 is 2.60 bits per heavy atom. The van der Waals surface area contributed by atoms with Crippen molar-refractivity contribution in [2.75, 3.05) is 19.6 Å². The molecule has 1 fully saturated rings. The van der Waals surface area contributed by atoms with Crippen molar-refractivity contribution in [3.63, 3.8) is 0 Å². The van der Waals surface area contributed by atoms with E-state index in [0.717, 1.165) is 25.9 Å². The number of hydrogen-bond acceptors (Lipinski definition) is 4. The molecule has 1 aromatic carbocycles. The number of β-amino-alcohol motifs (C(OH)–C–C–N with tert-alkyl or cyclic N) is 1. The Hall–Kier alpha value is -1.72. The number of hydrogen-bond donors (Lipinski definition) is 1. The Kier molecular flexibility index (Phi) is 4.98. The van der Waals surface area contributed by atoms with E-state index >= 15 is 0 Å². The van der Waals surface area contributed by atoms with E-state index in [4.69, 9.17) is 0 Å². The molecule has 1 aliphatic rings. The molecule has 1 aliphatic heterocycles. The van der Waals surface area contributed by atoms with Gasteiger partial charge in [0.2, 0.25) is 0 Å². The van der Waals surface area contributed by atoms with E-state index in [0.29, 0.717) is 12.2 Å². The highest BCUT2D eigenvalue weighted by Crippen LogP contribution is 2.33. The second kappa shape index (κ2) is 6.89. The number of benzene rings is 1. The molecule has 0 unspecified atom stereocenters. The first-order chi connectivity index (χ1) is 11.8. The van der Waals surface area contributed by atoms with Gasteiger partial charge in [-0.25, -0.2) is 4.68 Å². The largest absolute Gasteiger partial charge is 0.382 e. The molecule has 5 heteroatoms. The van der Waals surface area contributed by atoms with E-state index in [1.54, 1.807) is 0 Å². The number of aromatic nitrogens is 3. The summed E-state index contributed by atoms with van der Waals surface area (Å²) < 4.78 is 1.82. The fraction of sp³-hybridized carbons (Fsp3) is 0.600. The van der Waals surface area contributed by atoms with Gasteiger partial charge in [-0.1, -0.05) is 49.4 Å². The van der Waals surface area contributed by atoms with Crippen LogP contribution in [0.25, 0.3) is 0 Å². The molecule has 2 heterocycles. The lowest BCUT2D eigenvalue weighted by Crippen LogP contribution is -2.49. The van der Waals surface area contributed by atoms with Crippen molar-refractivity contribution < 1.29 is 5.11 Å². The van der Waals surface area contributed by atoms with E-state index in [-0.39, 0.29) is 11.5 Å². The van der Waals surface area contributed by atoms with Crippen molar-refractivity contribution >= 4 is 0 Å². The van der Waals surface area contributed by atoms with Gasteiger partial charge in [0, 0.05) is 24.5 Å². The summed E-state index contributed by atoms with van der Waals surface area (Å²) in [7, 11) is 0. The van der Waals surface area contributed by atoms with Crippen LogP contribution in [0.2, 0.25) is 0 Å². The number of nitrogens with zero attached hydrogens (tertiary/aromatic N) is 4. The molecule has 0 spiro atoms. The molecule has 3 rings (SSSR count). The molecular formula is C20H30N4O. The first-order valence-corrected chi connectivity index (χ1v) is 9.23. The van der Waals surface area contributed by atoms with E-state index in [1.807, 2.05) is 10.9 Å². The van der Waals surface area contributed by atoms with Gasteiger partial charge in [0.05, 0.1) is 6.20 Å². The molecule has 1 saturated heterocycles. The lowest BCUT2D eigenvalue weighted by atomic mass is 9.82. The topological polar surface area (TPSA) is 54.2 Å². The van der Waals surface area contributed by atoms with Crippen LogP contribution in [-0.2, 0) is 11.0 Å². The van der Waals surface area contributed by atoms with Gasteiger partial charge in [0.25, 0.3) is 0 Å². The number of aliphatic hydroxyl groups is 1. The molecule has 0 saturated carbocycles. The molecule has 136 valence electrons. The van der Waals surface area contributed by atoms with E-state index in [2.05, 4.69) is 73.2 Å². The van der Waals surface area contributed by atoms with Gasteiger partial charge in [-0.3, -0.25) is 4.90 Å². The summed E-state index contributed by atoms with van der Waals surface area (Å²) in [4.78, 5) is 2.37. The summed E-state index contributed by atoms with van der Waals surface area (Å²) >= 11 is 0. The highest BCUT2D eigenvalue weighted by molar-refractivity contribution is 5.24. The predicted molar refractivity (Wildman–Crippen MR) is 99.4 cm³/mol. The summed E-state index contributed by atoms with van der Waals surface area (Å²) in [5.74, 6) is 0. The van der Waals surface area contributed by atoms with Crippen LogP contribution < -0.4 is 0 Å². The van der Waals surface area contributed by atoms with Crippen molar-refractivity contribution in [1.82, 2.24) is 19.9 Å². The van der Waals surface area contributed by atoms with Gasteiger partial charge in [-0.15, -0.1) is 5.10 Å². The molecule has 0 aliphatic carbocycles. The zero-order chi connectivity index (χ0) is 18.1. The second-order valence-electron chi connectivity index (χ2n) is 8.27. The van der Waals surface area contributed by atoms with Crippen LogP contribution in [0.1, 0.15) is 57.8 Å². The monoisotopic (exact) mass is 342 g/mol. The molecular weight excluding hydrogens is 312 g/mol. The molecule has 2 aromatic rings. The van der Waals surface area contributed by atoms with Crippen molar-refractivity contribution in [3.05, 3.63) is 47.8 Å². The maximum atomic E-state index is 11.2. The minimum atomic E-state index is -0.905. The van der Waals surface area contributed by atoms with Gasteiger partial charge in [0.15, 0.2) is 0 Å². The lowest BCUT2D eigenvalue weighted by molar-refractivity contribution is -0.0433. The fourth-order valence-corrected chi connectivity index (χ4v) is 3.75. The van der Waals surface area contributed by atoms with Crippen molar-refractivity contribution in [2.24, 2.45) is 0 Å². The molecule has 0 bridgehead atoms. The standard InChI is InChI=1S/C20H30N4O/c1-16(2)24-13-18(21-22-24)20(25)11-8-12-23(15-20)14-19(3,4)17-9-6-5-7-10-17/h5-7,9-10,13,16,25H,8,11-12,14-15H2,1-4H3/t20-/m1/s1. The van der Waals surface area contributed by atoms with Gasteiger partial charge in [0.1, 0.15) is 11.3 Å².